The summed E-state index contributed by atoms with van der Waals surface area (Å²) in [6.07, 6.45) is 1.16. The van der Waals surface area contributed by atoms with E-state index in [1.807, 2.05) is 32.0 Å². The van der Waals surface area contributed by atoms with Crippen LogP contribution in [0.4, 0.5) is 0 Å². The number of benzene rings is 1. The summed E-state index contributed by atoms with van der Waals surface area (Å²) >= 11 is 0. The van der Waals surface area contributed by atoms with Gasteiger partial charge in [0.25, 0.3) is 0 Å². The fourth-order valence-electron chi connectivity index (χ4n) is 3.25. The first-order valence-corrected chi connectivity index (χ1v) is 8.66. The van der Waals surface area contributed by atoms with Crippen LogP contribution in [0.15, 0.2) is 18.2 Å². The summed E-state index contributed by atoms with van der Waals surface area (Å²) in [6.45, 7) is 4.70. The molecule has 1 aliphatic rings. The molecular formula is C19H26KNO5. The van der Waals surface area contributed by atoms with Crippen LogP contribution >= 0.6 is 0 Å². The summed E-state index contributed by atoms with van der Waals surface area (Å²) in [6, 6.07) is 6.01. The van der Waals surface area contributed by atoms with E-state index in [1.54, 1.807) is 0 Å². The van der Waals surface area contributed by atoms with E-state index in [0.717, 1.165) is 16.7 Å². The number of nitrogens with one attached hydrogen (secondary N) is 1. The van der Waals surface area contributed by atoms with Gasteiger partial charge in [-0.25, -0.2) is 0 Å². The van der Waals surface area contributed by atoms with Crippen molar-refractivity contribution in [2.45, 2.75) is 38.5 Å². The molecule has 1 aromatic rings. The van der Waals surface area contributed by atoms with Crippen molar-refractivity contribution in [3.05, 3.63) is 34.9 Å². The van der Waals surface area contributed by atoms with Gasteiger partial charge in [0.15, 0.2) is 0 Å². The second kappa shape index (κ2) is 10.9. The van der Waals surface area contributed by atoms with Gasteiger partial charge in [-0.05, 0) is 49.8 Å². The number of aliphatic hydroxyl groups excluding tert-OH is 1. The summed E-state index contributed by atoms with van der Waals surface area (Å²) in [5.41, 5.74) is 2.49. The summed E-state index contributed by atoms with van der Waals surface area (Å²) in [7, 11) is 0. The van der Waals surface area contributed by atoms with Crippen molar-refractivity contribution in [3.8, 4) is 0 Å². The second-order valence-corrected chi connectivity index (χ2v) is 6.73. The molecule has 2 N–H and O–H groups in total. The molecule has 6 nitrogen and oxygen atoms in total. The van der Waals surface area contributed by atoms with Crippen LogP contribution < -0.4 is 61.8 Å². The molecule has 0 spiro atoms. The molecule has 138 valence electrons. The fraction of sp³-hybridized carbons (Fsp3) is 0.579. The zero-order valence-corrected chi connectivity index (χ0v) is 19.0. The number of hydrogen-bond acceptors (Lipinski definition) is 5. The minimum Gasteiger partial charge on any atom is -0.550 e. The SMILES string of the molecule is Cc1ccc(C2(C(=O)NCC(CCO)C(=O)[O-])CCOCC2)cc1C.[K+]. The van der Waals surface area contributed by atoms with Crippen LogP contribution in [-0.4, -0.2) is 43.3 Å². The topological polar surface area (TPSA) is 98.7 Å². The van der Waals surface area contributed by atoms with Gasteiger partial charge < -0.3 is 25.1 Å². The molecule has 1 amide bonds. The molecule has 1 fully saturated rings. The average Bonchev–Trinajstić information content (AvgIpc) is 2.61. The summed E-state index contributed by atoms with van der Waals surface area (Å²) in [5.74, 6) is -2.35. The van der Waals surface area contributed by atoms with E-state index in [1.165, 1.54) is 0 Å². The van der Waals surface area contributed by atoms with Crippen LogP contribution in [0.25, 0.3) is 0 Å². The van der Waals surface area contributed by atoms with Crippen molar-refractivity contribution < 1.29 is 75.9 Å². The van der Waals surface area contributed by atoms with Gasteiger partial charge in [0.05, 0.1) is 5.41 Å². The molecule has 1 heterocycles. The molecule has 1 atom stereocenters. The fourth-order valence-corrected chi connectivity index (χ4v) is 3.25. The summed E-state index contributed by atoms with van der Waals surface area (Å²) < 4.78 is 5.44. The number of carbonyl (C=O) groups is 2. The number of hydrogen-bond donors (Lipinski definition) is 2. The van der Waals surface area contributed by atoms with Gasteiger partial charge in [0, 0.05) is 38.3 Å². The first-order valence-electron chi connectivity index (χ1n) is 8.66. The molecule has 0 saturated carbocycles. The van der Waals surface area contributed by atoms with Crippen LogP contribution in [-0.2, 0) is 19.7 Å². The largest absolute Gasteiger partial charge is 1.00 e. The normalized spacial score (nSPS) is 17.0. The number of carboxylic acids is 1. The quantitative estimate of drug-likeness (QED) is 0.493. The van der Waals surface area contributed by atoms with E-state index in [0.29, 0.717) is 26.1 Å². The molecule has 7 heteroatoms. The third-order valence-electron chi connectivity index (χ3n) is 5.16. The number of amides is 1. The van der Waals surface area contributed by atoms with Gasteiger partial charge in [-0.15, -0.1) is 0 Å². The maximum Gasteiger partial charge on any atom is 1.00 e. The molecule has 1 aromatic carbocycles. The monoisotopic (exact) mass is 387 g/mol. The van der Waals surface area contributed by atoms with E-state index in [-0.39, 0.29) is 76.9 Å². The van der Waals surface area contributed by atoms with Crippen molar-refractivity contribution in [1.29, 1.82) is 0 Å². The van der Waals surface area contributed by atoms with E-state index < -0.39 is 17.3 Å². The van der Waals surface area contributed by atoms with Crippen molar-refractivity contribution in [1.82, 2.24) is 5.32 Å². The van der Waals surface area contributed by atoms with Crippen LogP contribution in [0, 0.1) is 19.8 Å². The van der Waals surface area contributed by atoms with Crippen LogP contribution in [0.5, 0.6) is 0 Å². The predicted octanol–water partition coefficient (Wildman–Crippen LogP) is -2.78. The number of ether oxygens (including phenoxy) is 1. The molecule has 0 bridgehead atoms. The maximum atomic E-state index is 13.0. The van der Waals surface area contributed by atoms with Crippen molar-refractivity contribution in [2.24, 2.45) is 5.92 Å². The molecule has 0 radical (unpaired) electrons. The molecule has 0 aliphatic carbocycles. The average molecular weight is 388 g/mol. The van der Waals surface area contributed by atoms with E-state index in [4.69, 9.17) is 9.84 Å². The zero-order chi connectivity index (χ0) is 18.4. The van der Waals surface area contributed by atoms with Crippen LogP contribution in [0.2, 0.25) is 0 Å². The molecule has 2 rings (SSSR count). The number of carbonyl (C=O) groups excluding carboxylic acids is 2. The Morgan fingerprint density at radius 1 is 1.27 bits per heavy atom. The Bertz CT molecular complexity index is 628. The number of rotatable bonds is 7. The molecule has 1 aliphatic heterocycles. The van der Waals surface area contributed by atoms with Crippen LogP contribution in [0.3, 0.4) is 0 Å². The second-order valence-electron chi connectivity index (χ2n) is 6.73. The van der Waals surface area contributed by atoms with E-state index in [2.05, 4.69) is 5.32 Å². The molecule has 1 unspecified atom stereocenters. The van der Waals surface area contributed by atoms with Crippen molar-refractivity contribution in [3.63, 3.8) is 0 Å². The third-order valence-corrected chi connectivity index (χ3v) is 5.16. The van der Waals surface area contributed by atoms with E-state index >= 15 is 0 Å². The van der Waals surface area contributed by atoms with Gasteiger partial charge >= 0.3 is 51.4 Å². The third kappa shape index (κ3) is 5.61. The minimum atomic E-state index is -1.26. The van der Waals surface area contributed by atoms with Crippen LogP contribution in [0.1, 0.15) is 36.0 Å². The minimum absolute atomic E-state index is 0. The Hall–Kier alpha value is -0.284. The molecule has 1 saturated heterocycles. The number of aliphatic carboxylic acids is 1. The first kappa shape index (κ1) is 23.8. The van der Waals surface area contributed by atoms with Gasteiger partial charge in [0.1, 0.15) is 0 Å². The van der Waals surface area contributed by atoms with E-state index in [9.17, 15) is 14.7 Å². The van der Waals surface area contributed by atoms with Gasteiger partial charge in [-0.2, -0.15) is 0 Å². The summed E-state index contributed by atoms with van der Waals surface area (Å²) in [4.78, 5) is 24.1. The Balaban J connectivity index is 0.00000338. The Labute approximate surface area is 197 Å². The van der Waals surface area contributed by atoms with Crippen molar-refractivity contribution in [2.75, 3.05) is 26.4 Å². The maximum absolute atomic E-state index is 13.0. The predicted molar refractivity (Wildman–Crippen MR) is 90.9 cm³/mol. The van der Waals surface area contributed by atoms with Crippen molar-refractivity contribution >= 4 is 11.9 Å². The number of aryl methyl sites for hydroxylation is 2. The zero-order valence-electron chi connectivity index (χ0n) is 15.8. The standard InChI is InChI=1S/C19H27NO5.K/c1-13-3-4-16(11-14(13)2)19(6-9-25-10-7-19)18(24)20-12-15(5-8-21)17(22)23;/h3-4,11,15,21H,5-10,12H2,1-2H3,(H,20,24)(H,22,23);/q;+1/p-1. The summed E-state index contributed by atoms with van der Waals surface area (Å²) in [5, 5.41) is 22.8. The smallest absolute Gasteiger partial charge is 0.550 e. The van der Waals surface area contributed by atoms with Gasteiger partial charge in [0.2, 0.25) is 5.91 Å². The van der Waals surface area contributed by atoms with Gasteiger partial charge in [-0.3, -0.25) is 4.79 Å². The Morgan fingerprint density at radius 3 is 2.46 bits per heavy atom. The molecule has 26 heavy (non-hydrogen) atoms. The number of aliphatic hydroxyl groups is 1. The van der Waals surface area contributed by atoms with Gasteiger partial charge in [-0.1, -0.05) is 18.2 Å². The Kier molecular flexibility index (Phi) is 9.96. The first-order chi connectivity index (χ1) is 11.9. The Morgan fingerprint density at radius 2 is 1.92 bits per heavy atom. The molecule has 0 aromatic heterocycles. The number of carboxylic acid groups (broad SMARTS) is 1. The molecular weight excluding hydrogens is 361 g/mol.